The smallest absolute Gasteiger partial charge is 0.272 e. The molecule has 0 saturated heterocycles. The number of nitrogens with one attached hydrogen (secondary N) is 2. The van der Waals surface area contributed by atoms with Crippen molar-refractivity contribution in [3.05, 3.63) is 70.1 Å². The first-order valence-electron chi connectivity index (χ1n) is 6.88. The van der Waals surface area contributed by atoms with Gasteiger partial charge in [-0.3, -0.25) is 14.9 Å². The van der Waals surface area contributed by atoms with Crippen LogP contribution in [0.1, 0.15) is 16.1 Å². The molecule has 3 rings (SSSR count). The van der Waals surface area contributed by atoms with E-state index in [4.69, 9.17) is 23.2 Å². The van der Waals surface area contributed by atoms with Crippen LogP contribution in [0.2, 0.25) is 10.0 Å². The predicted molar refractivity (Wildman–Crippen MR) is 93.3 cm³/mol. The topological polar surface area (TPSA) is 83.0 Å². The van der Waals surface area contributed by atoms with E-state index in [9.17, 15) is 4.79 Å². The number of amides is 1. The summed E-state index contributed by atoms with van der Waals surface area (Å²) in [7, 11) is 0. The number of aromatic amines is 1. The number of nitrogens with zero attached hydrogens (tertiary/aromatic N) is 3. The number of carbonyl (C=O) groups is 1. The van der Waals surface area contributed by atoms with Crippen LogP contribution in [0.3, 0.4) is 0 Å². The lowest BCUT2D eigenvalue weighted by Crippen LogP contribution is -2.17. The van der Waals surface area contributed by atoms with E-state index in [1.165, 1.54) is 6.21 Å². The van der Waals surface area contributed by atoms with Crippen molar-refractivity contribution in [2.75, 3.05) is 0 Å². The number of hydrogen-bond donors (Lipinski definition) is 2. The zero-order chi connectivity index (χ0) is 16.9. The fourth-order valence-corrected chi connectivity index (χ4v) is 2.21. The number of rotatable bonds is 4. The van der Waals surface area contributed by atoms with Gasteiger partial charge in [0, 0.05) is 18.0 Å². The van der Waals surface area contributed by atoms with Crippen LogP contribution in [-0.4, -0.2) is 27.3 Å². The van der Waals surface area contributed by atoms with E-state index in [1.807, 2.05) is 0 Å². The summed E-state index contributed by atoms with van der Waals surface area (Å²) < 4.78 is 0. The van der Waals surface area contributed by atoms with Crippen LogP contribution >= 0.6 is 23.2 Å². The molecule has 24 heavy (non-hydrogen) atoms. The SMILES string of the molecule is O=C(NN=Cc1ccncc1)c1cc(-c2ccc(Cl)c(Cl)c2)n[nH]1. The quantitative estimate of drug-likeness (QED) is 0.551. The number of hydrazone groups is 1. The average Bonchev–Trinajstić information content (AvgIpc) is 3.08. The molecular weight excluding hydrogens is 349 g/mol. The number of halogens is 2. The van der Waals surface area contributed by atoms with E-state index in [1.54, 1.807) is 48.8 Å². The Kier molecular flexibility index (Phi) is 4.88. The summed E-state index contributed by atoms with van der Waals surface area (Å²) in [6.45, 7) is 0. The van der Waals surface area contributed by atoms with Crippen LogP contribution in [-0.2, 0) is 0 Å². The average molecular weight is 360 g/mol. The van der Waals surface area contributed by atoms with E-state index in [-0.39, 0.29) is 5.69 Å². The van der Waals surface area contributed by atoms with Crippen molar-refractivity contribution in [2.45, 2.75) is 0 Å². The normalized spacial score (nSPS) is 10.9. The molecule has 8 heteroatoms. The first kappa shape index (κ1) is 16.2. The maximum absolute atomic E-state index is 12.0. The minimum absolute atomic E-state index is 0.281. The molecule has 120 valence electrons. The van der Waals surface area contributed by atoms with Gasteiger partial charge >= 0.3 is 0 Å². The van der Waals surface area contributed by atoms with Gasteiger partial charge in [-0.2, -0.15) is 10.2 Å². The molecule has 0 aliphatic rings. The van der Waals surface area contributed by atoms with Crippen LogP contribution in [0.4, 0.5) is 0 Å². The first-order chi connectivity index (χ1) is 11.6. The Morgan fingerprint density at radius 2 is 1.92 bits per heavy atom. The van der Waals surface area contributed by atoms with Crippen LogP contribution in [0.15, 0.2) is 53.9 Å². The highest BCUT2D eigenvalue weighted by Crippen LogP contribution is 2.27. The standard InChI is InChI=1S/C16H11Cl2N5O/c17-12-2-1-11(7-13(12)18)14-8-15(22-21-14)16(24)23-20-9-10-3-5-19-6-4-10/h1-9H,(H,21,22)(H,23,24). The second-order valence-electron chi connectivity index (χ2n) is 4.78. The molecule has 0 radical (unpaired) electrons. The molecule has 6 nitrogen and oxygen atoms in total. The maximum atomic E-state index is 12.0. The van der Waals surface area contributed by atoms with E-state index < -0.39 is 5.91 Å². The lowest BCUT2D eigenvalue weighted by molar-refractivity contribution is 0.0950. The molecule has 0 unspecified atom stereocenters. The Bertz CT molecular complexity index is 892. The third kappa shape index (κ3) is 3.79. The molecule has 0 saturated carbocycles. The highest BCUT2D eigenvalue weighted by atomic mass is 35.5. The molecule has 2 N–H and O–H groups in total. The van der Waals surface area contributed by atoms with Gasteiger partial charge in [0.05, 0.1) is 22.0 Å². The van der Waals surface area contributed by atoms with Crippen molar-refractivity contribution >= 4 is 35.3 Å². The molecule has 0 atom stereocenters. The van der Waals surface area contributed by atoms with Crippen molar-refractivity contribution in [2.24, 2.45) is 5.10 Å². The highest BCUT2D eigenvalue weighted by Gasteiger charge is 2.11. The summed E-state index contributed by atoms with van der Waals surface area (Å²) in [5.74, 6) is -0.404. The Balaban J connectivity index is 1.69. The van der Waals surface area contributed by atoms with Gasteiger partial charge < -0.3 is 0 Å². The van der Waals surface area contributed by atoms with Crippen LogP contribution < -0.4 is 5.43 Å². The molecule has 0 aliphatic heterocycles. The molecule has 2 aromatic heterocycles. The fraction of sp³-hybridized carbons (Fsp3) is 0. The molecule has 2 heterocycles. The van der Waals surface area contributed by atoms with Gasteiger partial charge in [-0.25, -0.2) is 5.43 Å². The molecule has 0 aliphatic carbocycles. The third-order valence-corrected chi connectivity index (χ3v) is 3.86. The lowest BCUT2D eigenvalue weighted by atomic mass is 10.1. The van der Waals surface area contributed by atoms with Crippen molar-refractivity contribution in [1.29, 1.82) is 0 Å². The minimum atomic E-state index is -0.404. The number of aromatic nitrogens is 3. The monoisotopic (exact) mass is 359 g/mol. The second kappa shape index (κ2) is 7.25. The molecule has 1 amide bonds. The van der Waals surface area contributed by atoms with Crippen LogP contribution in [0.25, 0.3) is 11.3 Å². The molecule has 3 aromatic rings. The van der Waals surface area contributed by atoms with Crippen LogP contribution in [0.5, 0.6) is 0 Å². The number of carbonyl (C=O) groups excluding carboxylic acids is 1. The summed E-state index contributed by atoms with van der Waals surface area (Å²) >= 11 is 11.9. The van der Waals surface area contributed by atoms with Gasteiger partial charge in [0.15, 0.2) is 0 Å². The van der Waals surface area contributed by atoms with E-state index in [2.05, 4.69) is 25.7 Å². The van der Waals surface area contributed by atoms with Gasteiger partial charge in [-0.15, -0.1) is 0 Å². The predicted octanol–water partition coefficient (Wildman–Crippen LogP) is 3.54. The third-order valence-electron chi connectivity index (χ3n) is 3.12. The summed E-state index contributed by atoms with van der Waals surface area (Å²) in [5, 5.41) is 11.5. The second-order valence-corrected chi connectivity index (χ2v) is 5.59. The van der Waals surface area contributed by atoms with Crippen molar-refractivity contribution < 1.29 is 4.79 Å². The summed E-state index contributed by atoms with van der Waals surface area (Å²) in [4.78, 5) is 15.9. The Labute approximate surface area is 147 Å². The molecule has 0 bridgehead atoms. The van der Waals surface area contributed by atoms with Gasteiger partial charge in [0.2, 0.25) is 0 Å². The molecule has 0 spiro atoms. The summed E-state index contributed by atoms with van der Waals surface area (Å²) in [5.41, 5.74) is 4.86. The minimum Gasteiger partial charge on any atom is -0.272 e. The molecular formula is C16H11Cl2N5O. The number of H-pyrrole nitrogens is 1. The van der Waals surface area contributed by atoms with E-state index in [0.717, 1.165) is 11.1 Å². The highest BCUT2D eigenvalue weighted by molar-refractivity contribution is 6.42. The van der Waals surface area contributed by atoms with Gasteiger partial charge in [0.25, 0.3) is 5.91 Å². The van der Waals surface area contributed by atoms with Gasteiger partial charge in [-0.1, -0.05) is 29.3 Å². The van der Waals surface area contributed by atoms with Crippen molar-refractivity contribution in [3.8, 4) is 11.3 Å². The number of hydrogen-bond acceptors (Lipinski definition) is 4. The zero-order valence-electron chi connectivity index (χ0n) is 12.2. The number of benzene rings is 1. The molecule has 0 fully saturated rings. The molecule has 1 aromatic carbocycles. The lowest BCUT2D eigenvalue weighted by Gasteiger charge is -1.98. The zero-order valence-corrected chi connectivity index (χ0v) is 13.7. The first-order valence-corrected chi connectivity index (χ1v) is 7.63. The Hall–Kier alpha value is -2.70. The Morgan fingerprint density at radius 3 is 2.67 bits per heavy atom. The summed E-state index contributed by atoms with van der Waals surface area (Å²) in [6, 6.07) is 10.3. The van der Waals surface area contributed by atoms with Crippen molar-refractivity contribution in [1.82, 2.24) is 20.6 Å². The summed E-state index contributed by atoms with van der Waals surface area (Å²) in [6.07, 6.45) is 4.80. The number of pyridine rings is 1. The Morgan fingerprint density at radius 1 is 1.12 bits per heavy atom. The van der Waals surface area contributed by atoms with E-state index >= 15 is 0 Å². The maximum Gasteiger partial charge on any atom is 0.289 e. The van der Waals surface area contributed by atoms with Gasteiger partial charge in [0.1, 0.15) is 5.69 Å². The van der Waals surface area contributed by atoms with E-state index in [0.29, 0.717) is 15.7 Å². The fourth-order valence-electron chi connectivity index (χ4n) is 1.92. The van der Waals surface area contributed by atoms with Gasteiger partial charge in [-0.05, 0) is 35.9 Å². The van der Waals surface area contributed by atoms with Crippen LogP contribution in [0, 0.1) is 0 Å². The van der Waals surface area contributed by atoms with Crippen molar-refractivity contribution in [3.63, 3.8) is 0 Å². The largest absolute Gasteiger partial charge is 0.289 e.